The highest BCUT2D eigenvalue weighted by molar-refractivity contribution is 5.80. The molecule has 0 aliphatic heterocycles. The number of H-pyrrole nitrogens is 2. The highest BCUT2D eigenvalue weighted by Crippen LogP contribution is 2.19. The summed E-state index contributed by atoms with van der Waals surface area (Å²) in [5.41, 5.74) is 8.92. The first-order valence-corrected chi connectivity index (χ1v) is 7.52. The first-order chi connectivity index (χ1) is 11.7. The molecule has 0 unspecified atom stereocenters. The molecule has 0 saturated heterocycles. The Morgan fingerprint density at radius 1 is 0.750 bits per heavy atom. The first-order valence-electron chi connectivity index (χ1n) is 7.52. The number of aromatic nitrogens is 4. The molecular weight excluding hydrogens is 308 g/mol. The highest BCUT2D eigenvalue weighted by Gasteiger charge is 2.07. The minimum atomic E-state index is 0.614. The van der Waals surface area contributed by atoms with Crippen LogP contribution in [0.4, 0.5) is 11.4 Å². The van der Waals surface area contributed by atoms with Crippen molar-refractivity contribution in [3.8, 4) is 0 Å². The molecule has 0 radical (unpaired) electrons. The smallest absolute Gasteiger partial charge is 0.107 e. The molecule has 0 aliphatic rings. The van der Waals surface area contributed by atoms with E-state index in [9.17, 15) is 0 Å². The molecule has 24 heavy (non-hydrogen) atoms. The maximum absolute atomic E-state index is 8.95. The molecular formula is C16H16N6O2. The monoisotopic (exact) mass is 324 g/mol. The van der Waals surface area contributed by atoms with Gasteiger partial charge in [-0.2, -0.15) is 0 Å². The van der Waals surface area contributed by atoms with Gasteiger partial charge < -0.3 is 9.97 Å². The van der Waals surface area contributed by atoms with Crippen LogP contribution in [0, 0.1) is 0 Å². The number of hydrogen-bond donors (Lipinski definition) is 6. The van der Waals surface area contributed by atoms with Gasteiger partial charge in [-0.15, -0.1) is 0 Å². The SMILES string of the molecule is ONc1ccc2nc(CCc3nc4ccc(NO)cc4[nH]3)[nH]c2c1. The summed E-state index contributed by atoms with van der Waals surface area (Å²) in [6.45, 7) is 0. The average Bonchev–Trinajstić information content (AvgIpc) is 3.21. The van der Waals surface area contributed by atoms with Crippen molar-refractivity contribution < 1.29 is 10.4 Å². The molecule has 0 saturated carbocycles. The van der Waals surface area contributed by atoms with Crippen LogP contribution in [0.25, 0.3) is 22.1 Å². The summed E-state index contributed by atoms with van der Waals surface area (Å²) in [6.07, 6.45) is 1.42. The van der Waals surface area contributed by atoms with Gasteiger partial charge in [0.05, 0.1) is 33.4 Å². The molecule has 0 spiro atoms. The van der Waals surface area contributed by atoms with Gasteiger partial charge in [0.25, 0.3) is 0 Å². The number of aromatic amines is 2. The Kier molecular flexibility index (Phi) is 3.52. The van der Waals surface area contributed by atoms with Crippen molar-refractivity contribution >= 4 is 33.4 Å². The third-order valence-corrected chi connectivity index (χ3v) is 3.92. The van der Waals surface area contributed by atoms with Crippen LogP contribution in [0.3, 0.4) is 0 Å². The Morgan fingerprint density at radius 2 is 1.21 bits per heavy atom. The van der Waals surface area contributed by atoms with Gasteiger partial charge in [-0.3, -0.25) is 21.4 Å². The summed E-state index contributed by atoms with van der Waals surface area (Å²) < 4.78 is 0. The number of nitrogens with zero attached hydrogens (tertiary/aromatic N) is 2. The number of hydrogen-bond acceptors (Lipinski definition) is 6. The van der Waals surface area contributed by atoms with Gasteiger partial charge in [0, 0.05) is 12.8 Å². The van der Waals surface area contributed by atoms with E-state index in [0.717, 1.165) is 33.7 Å². The lowest BCUT2D eigenvalue weighted by Gasteiger charge is -1.96. The molecule has 0 bridgehead atoms. The zero-order chi connectivity index (χ0) is 16.5. The fourth-order valence-corrected chi connectivity index (χ4v) is 2.74. The van der Waals surface area contributed by atoms with Crippen molar-refractivity contribution in [3.63, 3.8) is 0 Å². The predicted molar refractivity (Wildman–Crippen MR) is 90.4 cm³/mol. The lowest BCUT2D eigenvalue weighted by molar-refractivity contribution is 0.388. The van der Waals surface area contributed by atoms with Crippen LogP contribution in [0.1, 0.15) is 11.6 Å². The Hall–Kier alpha value is -3.10. The van der Waals surface area contributed by atoms with E-state index in [1.807, 2.05) is 12.1 Å². The minimum absolute atomic E-state index is 0.614. The Morgan fingerprint density at radius 3 is 1.62 bits per heavy atom. The number of benzene rings is 2. The average molecular weight is 324 g/mol. The van der Waals surface area contributed by atoms with Crippen LogP contribution >= 0.6 is 0 Å². The standard InChI is InChI=1S/C16H16N6O2/c23-21-9-1-3-11-13(7-9)19-15(17-11)5-6-16-18-12-4-2-10(22-24)8-14(12)20-16/h1-4,7-8,21-24H,5-6H2,(H,17,19)(H,18,20). The first kappa shape index (κ1) is 14.5. The number of imidazole rings is 2. The molecule has 0 amide bonds. The van der Waals surface area contributed by atoms with Gasteiger partial charge in [0.15, 0.2) is 0 Å². The van der Waals surface area contributed by atoms with Crippen LogP contribution in [-0.4, -0.2) is 30.4 Å². The third kappa shape index (κ3) is 2.64. The minimum Gasteiger partial charge on any atom is -0.342 e. The van der Waals surface area contributed by atoms with E-state index in [2.05, 4.69) is 30.9 Å². The van der Waals surface area contributed by atoms with Crippen LogP contribution in [0.2, 0.25) is 0 Å². The van der Waals surface area contributed by atoms with Crippen molar-refractivity contribution in [2.24, 2.45) is 0 Å². The zero-order valence-electron chi connectivity index (χ0n) is 12.7. The highest BCUT2D eigenvalue weighted by atomic mass is 16.5. The molecule has 2 aromatic heterocycles. The van der Waals surface area contributed by atoms with E-state index in [0.29, 0.717) is 24.2 Å². The van der Waals surface area contributed by atoms with Gasteiger partial charge in [0.2, 0.25) is 0 Å². The number of rotatable bonds is 5. The molecule has 4 aromatic rings. The largest absolute Gasteiger partial charge is 0.342 e. The van der Waals surface area contributed by atoms with Gasteiger partial charge in [-0.25, -0.2) is 9.97 Å². The summed E-state index contributed by atoms with van der Waals surface area (Å²) in [7, 11) is 0. The van der Waals surface area contributed by atoms with E-state index < -0.39 is 0 Å². The van der Waals surface area contributed by atoms with Crippen molar-refractivity contribution in [2.75, 3.05) is 11.0 Å². The quantitative estimate of drug-likeness (QED) is 0.314. The summed E-state index contributed by atoms with van der Waals surface area (Å²) in [5.74, 6) is 1.72. The van der Waals surface area contributed by atoms with Crippen LogP contribution in [-0.2, 0) is 12.8 Å². The fraction of sp³-hybridized carbons (Fsp3) is 0.125. The van der Waals surface area contributed by atoms with Crippen molar-refractivity contribution in [2.45, 2.75) is 12.8 Å². The summed E-state index contributed by atoms with van der Waals surface area (Å²) in [6, 6.07) is 10.8. The van der Waals surface area contributed by atoms with Gasteiger partial charge in [-0.05, 0) is 36.4 Å². The number of aryl methyl sites for hydroxylation is 2. The lowest BCUT2D eigenvalue weighted by atomic mass is 10.3. The van der Waals surface area contributed by atoms with Crippen molar-refractivity contribution in [1.29, 1.82) is 0 Å². The van der Waals surface area contributed by atoms with Gasteiger partial charge >= 0.3 is 0 Å². The Labute approximate surface area is 136 Å². The summed E-state index contributed by atoms with van der Waals surface area (Å²) >= 11 is 0. The molecule has 0 aliphatic carbocycles. The number of fused-ring (bicyclic) bond motifs is 2. The topological polar surface area (TPSA) is 122 Å². The molecule has 4 rings (SSSR count). The molecule has 2 aromatic carbocycles. The van der Waals surface area contributed by atoms with E-state index in [1.54, 1.807) is 24.3 Å². The summed E-state index contributed by atoms with van der Waals surface area (Å²) in [5, 5.41) is 17.9. The molecule has 2 heterocycles. The number of nitrogens with one attached hydrogen (secondary N) is 4. The van der Waals surface area contributed by atoms with Crippen LogP contribution in [0.5, 0.6) is 0 Å². The second kappa shape index (κ2) is 5.84. The Balaban J connectivity index is 1.53. The molecule has 6 N–H and O–H groups in total. The van der Waals surface area contributed by atoms with E-state index >= 15 is 0 Å². The summed E-state index contributed by atoms with van der Waals surface area (Å²) in [4.78, 5) is 15.6. The zero-order valence-corrected chi connectivity index (χ0v) is 12.7. The predicted octanol–water partition coefficient (Wildman–Crippen LogP) is 2.83. The van der Waals surface area contributed by atoms with Gasteiger partial charge in [-0.1, -0.05) is 0 Å². The molecule has 122 valence electrons. The van der Waals surface area contributed by atoms with Crippen LogP contribution < -0.4 is 11.0 Å². The van der Waals surface area contributed by atoms with Crippen molar-refractivity contribution in [1.82, 2.24) is 19.9 Å². The maximum Gasteiger partial charge on any atom is 0.107 e. The van der Waals surface area contributed by atoms with Gasteiger partial charge in [0.1, 0.15) is 11.6 Å². The molecule has 8 nitrogen and oxygen atoms in total. The Bertz CT molecular complexity index is 924. The van der Waals surface area contributed by atoms with Crippen LogP contribution in [0.15, 0.2) is 36.4 Å². The fourth-order valence-electron chi connectivity index (χ4n) is 2.74. The third-order valence-electron chi connectivity index (χ3n) is 3.92. The lowest BCUT2D eigenvalue weighted by Crippen LogP contribution is -1.95. The van der Waals surface area contributed by atoms with E-state index in [4.69, 9.17) is 10.4 Å². The maximum atomic E-state index is 8.95. The van der Waals surface area contributed by atoms with E-state index in [1.165, 1.54) is 0 Å². The second-order valence-electron chi connectivity index (χ2n) is 5.55. The van der Waals surface area contributed by atoms with Crippen molar-refractivity contribution in [3.05, 3.63) is 48.0 Å². The molecule has 0 atom stereocenters. The molecule has 8 heteroatoms. The van der Waals surface area contributed by atoms with E-state index in [-0.39, 0.29) is 0 Å². The number of anilines is 2. The molecule has 0 fully saturated rings. The second-order valence-corrected chi connectivity index (χ2v) is 5.55. The normalized spacial score (nSPS) is 11.2.